The summed E-state index contributed by atoms with van der Waals surface area (Å²) in [6, 6.07) is 0. The number of hydrogen-bond donors (Lipinski definition) is 0. The molecule has 0 rings (SSSR count). The maximum absolute atomic E-state index is 11.9. The summed E-state index contributed by atoms with van der Waals surface area (Å²) >= 11 is 0. The fourth-order valence-corrected chi connectivity index (χ4v) is 0.445. The van der Waals surface area contributed by atoms with Crippen LogP contribution in [0.5, 0.6) is 0 Å². The van der Waals surface area contributed by atoms with Gasteiger partial charge < -0.3 is 0 Å². The minimum Gasteiger partial charge on any atom is -0.234 e. The topological polar surface area (TPSA) is 0 Å². The summed E-state index contributed by atoms with van der Waals surface area (Å²) in [7, 11) is 0. The Balaban J connectivity index is 4.23. The van der Waals surface area contributed by atoms with E-state index in [1.54, 1.807) is 0 Å². The van der Waals surface area contributed by atoms with Crippen molar-refractivity contribution in [3.63, 3.8) is 0 Å². The molecule has 0 fully saturated rings. The van der Waals surface area contributed by atoms with E-state index >= 15 is 0 Å². The molecule has 0 aliphatic rings. The molecule has 62 valence electrons. The first-order valence-electron chi connectivity index (χ1n) is 2.55. The third-order valence-corrected chi connectivity index (χ3v) is 0.890. The molecule has 10 heavy (non-hydrogen) atoms. The first kappa shape index (κ1) is 9.65. The lowest BCUT2D eigenvalue weighted by molar-refractivity contribution is -0.162. The lowest BCUT2D eigenvalue weighted by atomic mass is 10.1. The largest absolute Gasteiger partial charge is 0.281 e. The van der Waals surface area contributed by atoms with Gasteiger partial charge in [0.15, 0.2) is 0 Å². The molecule has 0 aromatic carbocycles. The molecule has 0 heterocycles. The Morgan fingerprint density at radius 3 is 1.10 bits per heavy atom. The maximum Gasteiger partial charge on any atom is 0.281 e. The standard InChI is InChI=1S/C5H7F5/c1-4(7,8)3(6)5(2,9)10/h3H,1-2H3. The van der Waals surface area contributed by atoms with Gasteiger partial charge in [-0.3, -0.25) is 0 Å². The van der Waals surface area contributed by atoms with E-state index in [4.69, 9.17) is 0 Å². The number of alkyl halides is 5. The lowest BCUT2D eigenvalue weighted by Crippen LogP contribution is -2.40. The Kier molecular flexibility index (Phi) is 2.28. The molecular formula is C5H7F5. The highest BCUT2D eigenvalue weighted by Crippen LogP contribution is 2.32. The van der Waals surface area contributed by atoms with E-state index in [0.29, 0.717) is 0 Å². The van der Waals surface area contributed by atoms with Gasteiger partial charge in [0.25, 0.3) is 11.8 Å². The Bertz CT molecular complexity index is 94.2. The minimum atomic E-state index is -3.97. The summed E-state index contributed by atoms with van der Waals surface area (Å²) in [5, 5.41) is 0. The van der Waals surface area contributed by atoms with E-state index in [1.165, 1.54) is 0 Å². The second kappa shape index (κ2) is 2.36. The van der Waals surface area contributed by atoms with Crippen molar-refractivity contribution < 1.29 is 22.0 Å². The first-order chi connectivity index (χ1) is 4.15. The van der Waals surface area contributed by atoms with Gasteiger partial charge in [-0.15, -0.1) is 0 Å². The highest BCUT2D eigenvalue weighted by molar-refractivity contribution is 4.81. The monoisotopic (exact) mass is 162 g/mol. The second-order valence-electron chi connectivity index (χ2n) is 2.28. The van der Waals surface area contributed by atoms with Crippen molar-refractivity contribution in [2.24, 2.45) is 0 Å². The fraction of sp³-hybridized carbons (Fsp3) is 1.00. The zero-order valence-electron chi connectivity index (χ0n) is 5.47. The van der Waals surface area contributed by atoms with Gasteiger partial charge in [-0.2, -0.15) is 0 Å². The van der Waals surface area contributed by atoms with Crippen LogP contribution >= 0.6 is 0 Å². The summed E-state index contributed by atoms with van der Waals surface area (Å²) in [6.45, 7) is 0.240. The van der Waals surface area contributed by atoms with Crippen LogP contribution in [0.2, 0.25) is 0 Å². The summed E-state index contributed by atoms with van der Waals surface area (Å²) in [4.78, 5) is 0. The van der Waals surface area contributed by atoms with E-state index < -0.39 is 18.0 Å². The van der Waals surface area contributed by atoms with E-state index in [-0.39, 0.29) is 13.8 Å². The van der Waals surface area contributed by atoms with Crippen molar-refractivity contribution in [2.75, 3.05) is 0 Å². The third kappa shape index (κ3) is 2.49. The van der Waals surface area contributed by atoms with Crippen LogP contribution in [-0.4, -0.2) is 18.0 Å². The van der Waals surface area contributed by atoms with Crippen LogP contribution in [0.3, 0.4) is 0 Å². The lowest BCUT2D eigenvalue weighted by Gasteiger charge is -2.21. The molecule has 0 aliphatic carbocycles. The van der Waals surface area contributed by atoms with E-state index in [1.807, 2.05) is 0 Å². The normalized spacial score (nSPS) is 14.4. The quantitative estimate of drug-likeness (QED) is 0.547. The van der Waals surface area contributed by atoms with Crippen molar-refractivity contribution >= 4 is 0 Å². The maximum atomic E-state index is 11.9. The molecule has 0 nitrogen and oxygen atoms in total. The smallest absolute Gasteiger partial charge is 0.234 e. The second-order valence-corrected chi connectivity index (χ2v) is 2.28. The Morgan fingerprint density at radius 2 is 1.10 bits per heavy atom. The Hall–Kier alpha value is -0.350. The summed E-state index contributed by atoms with van der Waals surface area (Å²) in [5.74, 6) is -7.95. The van der Waals surface area contributed by atoms with Crippen LogP contribution in [0.4, 0.5) is 22.0 Å². The molecule has 0 atom stereocenters. The van der Waals surface area contributed by atoms with Gasteiger partial charge in [-0.1, -0.05) is 0 Å². The highest BCUT2D eigenvalue weighted by atomic mass is 19.3. The van der Waals surface area contributed by atoms with E-state index in [9.17, 15) is 22.0 Å². The molecule has 0 saturated carbocycles. The van der Waals surface area contributed by atoms with Gasteiger partial charge in [0.1, 0.15) is 0 Å². The van der Waals surface area contributed by atoms with Crippen LogP contribution < -0.4 is 0 Å². The van der Waals surface area contributed by atoms with Crippen molar-refractivity contribution in [2.45, 2.75) is 31.9 Å². The average molecular weight is 162 g/mol. The van der Waals surface area contributed by atoms with Crippen LogP contribution in [-0.2, 0) is 0 Å². The summed E-state index contributed by atoms with van der Waals surface area (Å²) < 4.78 is 58.9. The van der Waals surface area contributed by atoms with Gasteiger partial charge in [0, 0.05) is 13.8 Å². The van der Waals surface area contributed by atoms with Crippen LogP contribution in [0.25, 0.3) is 0 Å². The molecule has 0 amide bonds. The van der Waals surface area contributed by atoms with Crippen molar-refractivity contribution in [1.29, 1.82) is 0 Å². The van der Waals surface area contributed by atoms with Crippen molar-refractivity contribution in [3.05, 3.63) is 0 Å². The molecule has 0 spiro atoms. The van der Waals surface area contributed by atoms with Crippen LogP contribution in [0.1, 0.15) is 13.8 Å². The minimum absolute atomic E-state index is 0.120. The van der Waals surface area contributed by atoms with Gasteiger partial charge in [0.05, 0.1) is 0 Å². The first-order valence-corrected chi connectivity index (χ1v) is 2.55. The van der Waals surface area contributed by atoms with Crippen LogP contribution in [0, 0.1) is 0 Å². The van der Waals surface area contributed by atoms with Gasteiger partial charge in [-0.25, -0.2) is 22.0 Å². The third-order valence-electron chi connectivity index (χ3n) is 0.890. The van der Waals surface area contributed by atoms with Crippen molar-refractivity contribution in [3.8, 4) is 0 Å². The molecule has 0 saturated heterocycles. The van der Waals surface area contributed by atoms with E-state index in [0.717, 1.165) is 0 Å². The van der Waals surface area contributed by atoms with Crippen LogP contribution in [0.15, 0.2) is 0 Å². The fourth-order valence-electron chi connectivity index (χ4n) is 0.445. The average Bonchev–Trinajstić information content (AvgIpc) is 1.59. The molecule has 0 bridgehead atoms. The highest BCUT2D eigenvalue weighted by Gasteiger charge is 2.49. The van der Waals surface area contributed by atoms with Gasteiger partial charge in [0.2, 0.25) is 6.17 Å². The molecule has 0 aromatic rings. The zero-order valence-corrected chi connectivity index (χ0v) is 5.47. The summed E-state index contributed by atoms with van der Waals surface area (Å²) in [6.07, 6.45) is -3.40. The summed E-state index contributed by atoms with van der Waals surface area (Å²) in [5.41, 5.74) is 0. The molecular weight excluding hydrogens is 155 g/mol. The predicted molar refractivity (Wildman–Crippen MR) is 26.1 cm³/mol. The zero-order chi connectivity index (χ0) is 8.58. The molecule has 0 radical (unpaired) electrons. The molecule has 0 N–H and O–H groups in total. The SMILES string of the molecule is CC(F)(F)C(F)C(C)(F)F. The van der Waals surface area contributed by atoms with E-state index in [2.05, 4.69) is 0 Å². The van der Waals surface area contributed by atoms with Gasteiger partial charge in [-0.05, 0) is 0 Å². The number of hydrogen-bond acceptors (Lipinski definition) is 0. The Morgan fingerprint density at radius 1 is 0.900 bits per heavy atom. The molecule has 5 heteroatoms. The number of rotatable bonds is 2. The molecule has 0 aliphatic heterocycles. The van der Waals surface area contributed by atoms with Gasteiger partial charge >= 0.3 is 0 Å². The molecule has 0 aromatic heterocycles. The Labute approximate surface area is 55.0 Å². The number of halogens is 5. The molecule has 0 unspecified atom stereocenters. The predicted octanol–water partition coefficient (Wildman–Crippen LogP) is 2.63. The van der Waals surface area contributed by atoms with Crippen molar-refractivity contribution in [1.82, 2.24) is 0 Å².